The fourth-order valence-corrected chi connectivity index (χ4v) is 3.15. The van der Waals surface area contributed by atoms with Crippen molar-refractivity contribution in [3.8, 4) is 0 Å². The number of fused-ring (bicyclic) bond motifs is 2. The summed E-state index contributed by atoms with van der Waals surface area (Å²) in [5, 5.41) is 0.731. The van der Waals surface area contributed by atoms with Gasteiger partial charge in [0.2, 0.25) is 0 Å². The summed E-state index contributed by atoms with van der Waals surface area (Å²) in [6.07, 6.45) is 1.55. The summed E-state index contributed by atoms with van der Waals surface area (Å²) < 4.78 is 42.9. The summed E-state index contributed by atoms with van der Waals surface area (Å²) in [5.74, 6) is -3.44. The molecule has 0 atom stereocenters. The van der Waals surface area contributed by atoms with Crippen molar-refractivity contribution >= 4 is 16.6 Å². The molecule has 2 aromatic carbocycles. The first-order valence-electron chi connectivity index (χ1n) is 7.93. The highest BCUT2D eigenvalue weighted by atomic mass is 19.3. The summed E-state index contributed by atoms with van der Waals surface area (Å²) in [4.78, 5) is 8.62. The van der Waals surface area contributed by atoms with Crippen LogP contribution in [0.3, 0.4) is 0 Å². The van der Waals surface area contributed by atoms with E-state index in [9.17, 15) is 13.2 Å². The van der Waals surface area contributed by atoms with Gasteiger partial charge in [-0.05, 0) is 32.0 Å². The van der Waals surface area contributed by atoms with Gasteiger partial charge in [0.05, 0.1) is 11.2 Å². The Balaban J connectivity index is 1.96. The quantitative estimate of drug-likeness (QED) is 0.605. The molecular formula is C20H15F3N2. The van der Waals surface area contributed by atoms with Crippen molar-refractivity contribution in [3.63, 3.8) is 0 Å². The van der Waals surface area contributed by atoms with Crippen LogP contribution in [-0.2, 0) is 5.92 Å². The van der Waals surface area contributed by atoms with Crippen LogP contribution in [0.15, 0.2) is 59.7 Å². The van der Waals surface area contributed by atoms with Gasteiger partial charge in [0.25, 0.3) is 5.92 Å². The SMILES string of the molecule is CC1(C)N=C(c2cnc3cc(F)ccc3c2)c2ccccc2C1(F)F. The molecule has 0 radical (unpaired) electrons. The third-order valence-corrected chi connectivity index (χ3v) is 4.60. The van der Waals surface area contributed by atoms with Crippen LogP contribution in [0, 0.1) is 5.82 Å². The minimum atomic E-state index is -3.07. The number of halogens is 3. The van der Waals surface area contributed by atoms with Crippen LogP contribution < -0.4 is 0 Å². The standard InChI is InChI=1S/C20H15F3N2/c1-19(2)20(22,23)16-6-4-3-5-15(16)18(25-19)13-9-12-7-8-14(21)10-17(12)24-11-13/h3-11H,1-2H3. The molecule has 4 rings (SSSR count). The second-order valence-corrected chi connectivity index (χ2v) is 6.70. The maximum absolute atomic E-state index is 14.8. The fourth-order valence-electron chi connectivity index (χ4n) is 3.15. The highest BCUT2D eigenvalue weighted by molar-refractivity contribution is 6.15. The van der Waals surface area contributed by atoms with Gasteiger partial charge in [-0.25, -0.2) is 4.39 Å². The maximum atomic E-state index is 14.8. The third kappa shape index (κ3) is 2.34. The van der Waals surface area contributed by atoms with E-state index in [1.54, 1.807) is 36.5 Å². The molecule has 1 aliphatic heterocycles. The molecule has 3 aromatic rings. The number of benzene rings is 2. The Morgan fingerprint density at radius 3 is 2.52 bits per heavy atom. The lowest BCUT2D eigenvalue weighted by Crippen LogP contribution is -2.44. The van der Waals surface area contributed by atoms with Gasteiger partial charge in [-0.3, -0.25) is 9.98 Å². The summed E-state index contributed by atoms with van der Waals surface area (Å²) in [5.41, 5.74) is 0.409. The van der Waals surface area contributed by atoms with Crippen molar-refractivity contribution in [2.75, 3.05) is 0 Å². The molecule has 0 amide bonds. The molecule has 0 unspecified atom stereocenters. The van der Waals surface area contributed by atoms with E-state index in [4.69, 9.17) is 0 Å². The fraction of sp³-hybridized carbons (Fsp3) is 0.200. The number of aromatic nitrogens is 1. The van der Waals surface area contributed by atoms with Gasteiger partial charge >= 0.3 is 0 Å². The first-order chi connectivity index (χ1) is 11.8. The highest BCUT2D eigenvalue weighted by Crippen LogP contribution is 2.46. The molecule has 2 nitrogen and oxygen atoms in total. The molecule has 126 valence electrons. The van der Waals surface area contributed by atoms with Gasteiger partial charge in [-0.2, -0.15) is 8.78 Å². The van der Waals surface area contributed by atoms with Crippen LogP contribution in [0.5, 0.6) is 0 Å². The van der Waals surface area contributed by atoms with Crippen LogP contribution in [0.1, 0.15) is 30.5 Å². The van der Waals surface area contributed by atoms with Crippen LogP contribution in [0.25, 0.3) is 10.9 Å². The van der Waals surface area contributed by atoms with Gasteiger partial charge in [-0.1, -0.05) is 24.3 Å². The Morgan fingerprint density at radius 1 is 0.960 bits per heavy atom. The Morgan fingerprint density at radius 2 is 1.72 bits per heavy atom. The Bertz CT molecular complexity index is 1020. The number of alkyl halides is 2. The lowest BCUT2D eigenvalue weighted by atomic mass is 9.81. The molecule has 2 heterocycles. The molecule has 1 aromatic heterocycles. The highest BCUT2D eigenvalue weighted by Gasteiger charge is 2.52. The van der Waals surface area contributed by atoms with Crippen molar-refractivity contribution < 1.29 is 13.2 Å². The summed E-state index contributed by atoms with van der Waals surface area (Å²) in [6.45, 7) is 2.85. The monoisotopic (exact) mass is 340 g/mol. The predicted molar refractivity (Wildman–Crippen MR) is 91.8 cm³/mol. The molecule has 0 N–H and O–H groups in total. The topological polar surface area (TPSA) is 25.2 Å². The Labute approximate surface area is 143 Å². The molecule has 0 bridgehead atoms. The van der Waals surface area contributed by atoms with Crippen LogP contribution in [0.2, 0.25) is 0 Å². The molecule has 0 spiro atoms. The van der Waals surface area contributed by atoms with E-state index in [1.165, 1.54) is 32.0 Å². The van der Waals surface area contributed by atoms with Gasteiger partial charge in [0, 0.05) is 34.3 Å². The van der Waals surface area contributed by atoms with Crippen LogP contribution in [0.4, 0.5) is 13.2 Å². The number of pyridine rings is 1. The molecule has 0 aliphatic carbocycles. The number of nitrogens with zero attached hydrogens (tertiary/aromatic N) is 2. The maximum Gasteiger partial charge on any atom is 0.297 e. The van der Waals surface area contributed by atoms with Crippen molar-refractivity contribution in [1.82, 2.24) is 4.98 Å². The van der Waals surface area contributed by atoms with Crippen molar-refractivity contribution in [2.24, 2.45) is 4.99 Å². The number of hydrogen-bond acceptors (Lipinski definition) is 2. The van der Waals surface area contributed by atoms with Crippen molar-refractivity contribution in [1.29, 1.82) is 0 Å². The summed E-state index contributed by atoms with van der Waals surface area (Å²) >= 11 is 0. The average Bonchev–Trinajstić information content (AvgIpc) is 2.58. The van der Waals surface area contributed by atoms with Gasteiger partial charge < -0.3 is 0 Å². The average molecular weight is 340 g/mol. The van der Waals surface area contributed by atoms with E-state index in [0.29, 0.717) is 22.4 Å². The first-order valence-corrected chi connectivity index (χ1v) is 7.93. The predicted octanol–water partition coefficient (Wildman–Crippen LogP) is 5.10. The van der Waals surface area contributed by atoms with Crippen LogP contribution >= 0.6 is 0 Å². The van der Waals surface area contributed by atoms with Gasteiger partial charge in [0.1, 0.15) is 11.4 Å². The zero-order chi connectivity index (χ0) is 17.8. The zero-order valence-electron chi connectivity index (χ0n) is 13.7. The zero-order valence-corrected chi connectivity index (χ0v) is 13.7. The molecule has 0 saturated carbocycles. The van der Waals surface area contributed by atoms with Gasteiger partial charge in [-0.15, -0.1) is 0 Å². The Kier molecular flexibility index (Phi) is 3.26. The summed E-state index contributed by atoms with van der Waals surface area (Å²) in [6, 6.07) is 12.5. The van der Waals surface area contributed by atoms with E-state index in [0.717, 1.165) is 5.39 Å². The molecule has 5 heteroatoms. The molecule has 25 heavy (non-hydrogen) atoms. The minimum absolute atomic E-state index is 0.0378. The molecule has 1 aliphatic rings. The van der Waals surface area contributed by atoms with E-state index in [-0.39, 0.29) is 11.4 Å². The van der Waals surface area contributed by atoms with Gasteiger partial charge in [0.15, 0.2) is 0 Å². The molecular weight excluding hydrogens is 325 g/mol. The second kappa shape index (κ2) is 5.15. The second-order valence-electron chi connectivity index (χ2n) is 6.70. The van der Waals surface area contributed by atoms with E-state index < -0.39 is 11.5 Å². The molecule has 0 saturated heterocycles. The smallest absolute Gasteiger partial charge is 0.271 e. The third-order valence-electron chi connectivity index (χ3n) is 4.60. The Hall–Kier alpha value is -2.69. The van der Waals surface area contributed by atoms with Crippen LogP contribution in [-0.4, -0.2) is 16.2 Å². The normalized spacial score (nSPS) is 17.9. The van der Waals surface area contributed by atoms with E-state index in [1.807, 2.05) is 0 Å². The number of hydrogen-bond donors (Lipinski definition) is 0. The van der Waals surface area contributed by atoms with Crippen molar-refractivity contribution in [2.45, 2.75) is 25.3 Å². The lowest BCUT2D eigenvalue weighted by molar-refractivity contribution is -0.0681. The minimum Gasteiger partial charge on any atom is -0.271 e. The van der Waals surface area contributed by atoms with Crippen molar-refractivity contribution in [3.05, 3.63) is 77.2 Å². The first kappa shape index (κ1) is 15.8. The van der Waals surface area contributed by atoms with E-state index >= 15 is 0 Å². The number of rotatable bonds is 1. The molecule has 0 fully saturated rings. The van der Waals surface area contributed by atoms with E-state index in [2.05, 4.69) is 9.98 Å². The summed E-state index contributed by atoms with van der Waals surface area (Å²) in [7, 11) is 0. The largest absolute Gasteiger partial charge is 0.297 e. The lowest BCUT2D eigenvalue weighted by Gasteiger charge is -2.37. The number of aliphatic imine (C=N–C) groups is 1.